The first-order valence-electron chi connectivity index (χ1n) is 11.4. The summed E-state index contributed by atoms with van der Waals surface area (Å²) < 4.78 is 104. The zero-order valence-electron chi connectivity index (χ0n) is 20.9. The van der Waals surface area contributed by atoms with Crippen molar-refractivity contribution in [2.75, 3.05) is 25.5 Å². The van der Waals surface area contributed by atoms with E-state index < -0.39 is 60.7 Å². The first kappa shape index (κ1) is 29.5. The maximum atomic E-state index is 13.4. The van der Waals surface area contributed by atoms with Crippen LogP contribution in [0.1, 0.15) is 48.2 Å². The molecule has 0 N–H and O–H groups in total. The minimum absolute atomic E-state index is 0.0429. The summed E-state index contributed by atoms with van der Waals surface area (Å²) in [7, 11) is -1.64. The first-order valence-corrected chi connectivity index (χ1v) is 12.9. The number of hydrogen-bond acceptors (Lipinski definition) is 4. The number of alkyl halides is 6. The molecule has 2 aromatic rings. The van der Waals surface area contributed by atoms with Gasteiger partial charge in [-0.15, -0.1) is 0 Å². The average Bonchev–Trinajstić information content (AvgIpc) is 2.82. The van der Waals surface area contributed by atoms with E-state index in [9.17, 15) is 44.3 Å². The van der Waals surface area contributed by atoms with Crippen molar-refractivity contribution in [3.63, 3.8) is 0 Å². The number of carbonyl (C=O) groups excluding carboxylic acids is 2. The van der Waals surface area contributed by atoms with E-state index in [2.05, 4.69) is 0 Å². The van der Waals surface area contributed by atoms with Gasteiger partial charge < -0.3 is 9.80 Å². The lowest BCUT2D eigenvalue weighted by Gasteiger charge is -2.40. The second kappa shape index (κ2) is 9.90. The van der Waals surface area contributed by atoms with Crippen molar-refractivity contribution in [3.05, 3.63) is 59.2 Å². The number of amides is 2. The maximum Gasteiger partial charge on any atom is 0.416 e. The molecule has 0 aliphatic carbocycles. The first-order chi connectivity index (χ1) is 17.3. The molecule has 0 radical (unpaired) electrons. The van der Waals surface area contributed by atoms with Gasteiger partial charge in [0.2, 0.25) is 5.91 Å². The zero-order valence-corrected chi connectivity index (χ0v) is 21.8. The molecule has 2 amide bonds. The van der Waals surface area contributed by atoms with Crippen molar-refractivity contribution in [1.29, 1.82) is 0 Å². The number of benzene rings is 2. The van der Waals surface area contributed by atoms with Crippen LogP contribution in [0.5, 0.6) is 0 Å². The molecule has 1 saturated heterocycles. The molecule has 3 rings (SSSR count). The summed E-state index contributed by atoms with van der Waals surface area (Å²) in [5.41, 5.74) is -2.58. The maximum absolute atomic E-state index is 13.4. The second-order valence-corrected chi connectivity index (χ2v) is 12.3. The molecule has 0 bridgehead atoms. The van der Waals surface area contributed by atoms with E-state index in [1.165, 1.54) is 27.9 Å². The van der Waals surface area contributed by atoms with Crippen LogP contribution in [0.15, 0.2) is 47.4 Å². The van der Waals surface area contributed by atoms with Crippen molar-refractivity contribution in [2.24, 2.45) is 5.92 Å². The van der Waals surface area contributed by atoms with E-state index >= 15 is 0 Å². The largest absolute Gasteiger partial charge is 0.416 e. The molecule has 1 fully saturated rings. The molecular formula is C25H26F6N2O4S. The summed E-state index contributed by atoms with van der Waals surface area (Å²) in [4.78, 5) is 27.5. The minimum atomic E-state index is -4.75. The summed E-state index contributed by atoms with van der Waals surface area (Å²) in [6.07, 6.45) is -9.74. The molecule has 1 heterocycles. The molecular weight excluding hydrogens is 538 g/mol. The van der Waals surface area contributed by atoms with Crippen LogP contribution in [-0.2, 0) is 27.0 Å². The molecule has 6 nitrogen and oxygen atoms in total. The topological polar surface area (TPSA) is 74.8 Å². The number of anilines is 1. The monoisotopic (exact) mass is 564 g/mol. The second-order valence-electron chi connectivity index (χ2n) is 9.80. The molecule has 1 aliphatic rings. The third kappa shape index (κ3) is 5.52. The third-order valence-corrected chi connectivity index (χ3v) is 9.42. The van der Waals surface area contributed by atoms with Gasteiger partial charge in [-0.2, -0.15) is 26.3 Å². The lowest BCUT2D eigenvalue weighted by molar-refractivity contribution is -0.138. The predicted octanol–water partition coefficient (Wildman–Crippen LogP) is 5.42. The molecule has 1 aliphatic heterocycles. The summed E-state index contributed by atoms with van der Waals surface area (Å²) in [6, 6.07) is 5.81. The van der Waals surface area contributed by atoms with Gasteiger partial charge in [-0.05, 0) is 62.6 Å². The van der Waals surface area contributed by atoms with Crippen LogP contribution >= 0.6 is 0 Å². The van der Waals surface area contributed by atoms with E-state index in [0.29, 0.717) is 12.1 Å². The van der Waals surface area contributed by atoms with Crippen molar-refractivity contribution in [3.8, 4) is 0 Å². The molecule has 1 atom stereocenters. The van der Waals surface area contributed by atoms with Crippen LogP contribution in [0.25, 0.3) is 0 Å². The highest BCUT2D eigenvalue weighted by Crippen LogP contribution is 2.41. The zero-order chi connectivity index (χ0) is 28.8. The fourth-order valence-electron chi connectivity index (χ4n) is 4.40. The summed E-state index contributed by atoms with van der Waals surface area (Å²) in [5.74, 6) is -2.19. The highest BCUT2D eigenvalue weighted by molar-refractivity contribution is 7.92. The molecule has 38 heavy (non-hydrogen) atoms. The quantitative estimate of drug-likeness (QED) is 0.455. The smallest absolute Gasteiger partial charge is 0.345 e. The van der Waals surface area contributed by atoms with Gasteiger partial charge in [0.25, 0.3) is 5.91 Å². The van der Waals surface area contributed by atoms with Gasteiger partial charge in [-0.1, -0.05) is 6.07 Å². The van der Waals surface area contributed by atoms with E-state index in [1.807, 2.05) is 0 Å². The van der Waals surface area contributed by atoms with Gasteiger partial charge >= 0.3 is 12.4 Å². The number of halogens is 6. The highest BCUT2D eigenvalue weighted by atomic mass is 32.2. The highest BCUT2D eigenvalue weighted by Gasteiger charge is 2.47. The summed E-state index contributed by atoms with van der Waals surface area (Å²) in [5, 5.41) is 0. The van der Waals surface area contributed by atoms with Crippen LogP contribution in [0.4, 0.5) is 32.0 Å². The van der Waals surface area contributed by atoms with Gasteiger partial charge in [-0.3, -0.25) is 9.59 Å². The van der Waals surface area contributed by atoms with E-state index in [-0.39, 0.29) is 30.6 Å². The Morgan fingerprint density at radius 2 is 1.53 bits per heavy atom. The van der Waals surface area contributed by atoms with Crippen LogP contribution in [0, 0.1) is 5.92 Å². The Morgan fingerprint density at radius 1 is 0.947 bits per heavy atom. The molecule has 0 saturated carbocycles. The van der Waals surface area contributed by atoms with E-state index in [4.69, 9.17) is 0 Å². The number of hydrogen-bond donors (Lipinski definition) is 0. The van der Waals surface area contributed by atoms with Crippen LogP contribution in [-0.4, -0.2) is 50.5 Å². The van der Waals surface area contributed by atoms with Gasteiger partial charge in [0.05, 0.1) is 32.0 Å². The van der Waals surface area contributed by atoms with Crippen molar-refractivity contribution >= 4 is 27.3 Å². The lowest BCUT2D eigenvalue weighted by atomic mass is 9.85. The Hall–Kier alpha value is -3.09. The van der Waals surface area contributed by atoms with Crippen molar-refractivity contribution < 1.29 is 44.3 Å². The van der Waals surface area contributed by atoms with Gasteiger partial charge in [0.15, 0.2) is 9.84 Å². The number of sulfone groups is 1. The Kier molecular flexibility index (Phi) is 7.68. The van der Waals surface area contributed by atoms with Crippen molar-refractivity contribution in [1.82, 2.24) is 4.90 Å². The number of piperidine rings is 1. The van der Waals surface area contributed by atoms with Gasteiger partial charge in [-0.25, -0.2) is 8.42 Å². The Bertz CT molecular complexity index is 1350. The number of carbonyl (C=O) groups is 2. The molecule has 0 unspecified atom stereocenters. The Labute approximate surface area is 216 Å². The summed E-state index contributed by atoms with van der Waals surface area (Å²) >= 11 is 0. The Morgan fingerprint density at radius 3 is 2.05 bits per heavy atom. The number of rotatable bonds is 5. The van der Waals surface area contributed by atoms with E-state index in [0.717, 1.165) is 40.1 Å². The fourth-order valence-corrected chi connectivity index (χ4v) is 6.19. The molecule has 0 spiro atoms. The van der Waals surface area contributed by atoms with Crippen LogP contribution in [0.3, 0.4) is 0 Å². The predicted molar refractivity (Wildman–Crippen MR) is 127 cm³/mol. The van der Waals surface area contributed by atoms with E-state index in [1.54, 1.807) is 0 Å². The average molecular weight is 565 g/mol. The van der Waals surface area contributed by atoms with Crippen LogP contribution in [0.2, 0.25) is 0 Å². The SMILES string of the molecule is CN(C)C(=O)c1cc(C(F)(F)F)ccc1N1CC[C@@H](C(C)(C)S(=O)(=O)c2cccc(C(F)(F)F)c2)CC1=O. The molecule has 208 valence electrons. The Balaban J connectivity index is 1.93. The standard InChI is InChI=1S/C25H26F6N2O4S/c1-23(2,38(36,37)18-7-5-6-16(12-18)24(26,27)28)15-10-11-33(21(34)14-15)20-9-8-17(25(29,30)31)13-19(20)22(35)32(3)4/h5-9,12-13,15H,10-11,14H2,1-4H3/t15-/m1/s1. The summed E-state index contributed by atoms with van der Waals surface area (Å²) in [6.45, 7) is 2.55. The number of nitrogens with zero attached hydrogens (tertiary/aromatic N) is 2. The lowest BCUT2D eigenvalue weighted by Crippen LogP contribution is -2.49. The van der Waals surface area contributed by atoms with Gasteiger partial charge in [0, 0.05) is 27.1 Å². The molecule has 2 aromatic carbocycles. The fraction of sp³-hybridized carbons (Fsp3) is 0.440. The van der Waals surface area contributed by atoms with Crippen LogP contribution < -0.4 is 4.90 Å². The molecule has 13 heteroatoms. The molecule has 0 aromatic heterocycles. The van der Waals surface area contributed by atoms with Gasteiger partial charge in [0.1, 0.15) is 0 Å². The van der Waals surface area contributed by atoms with Crippen molar-refractivity contribution in [2.45, 2.75) is 48.7 Å². The minimum Gasteiger partial charge on any atom is -0.345 e. The third-order valence-electron chi connectivity index (χ3n) is 6.82. The normalized spacial score (nSPS) is 17.5.